The molecule has 2 heteroatoms. The van der Waals surface area contributed by atoms with Gasteiger partial charge in [-0.15, -0.1) is 0 Å². The summed E-state index contributed by atoms with van der Waals surface area (Å²) in [6.45, 7) is 9.82. The summed E-state index contributed by atoms with van der Waals surface area (Å²) in [5, 5.41) is 0. The summed E-state index contributed by atoms with van der Waals surface area (Å²) in [5.41, 5.74) is 4.07. The smallest absolute Gasteiger partial charge is 0.0696 e. The molecule has 0 radical (unpaired) electrons. The Hall–Kier alpha value is -2.22. The summed E-state index contributed by atoms with van der Waals surface area (Å²) >= 11 is 0. The van der Waals surface area contributed by atoms with E-state index < -0.39 is 0 Å². The van der Waals surface area contributed by atoms with E-state index in [-0.39, 0.29) is 0 Å². The quantitative estimate of drug-likeness (QED) is 0.735. The molecule has 0 saturated heterocycles. The zero-order chi connectivity index (χ0) is 14.1. The molecule has 0 saturated carbocycles. The van der Waals surface area contributed by atoms with Crippen LogP contribution in [0.4, 0.5) is 0 Å². The van der Waals surface area contributed by atoms with E-state index in [0.29, 0.717) is 0 Å². The largest absolute Gasteiger partial charge is 0.264 e. The molecule has 0 N–H and O–H groups in total. The van der Waals surface area contributed by atoms with Gasteiger partial charge >= 0.3 is 0 Å². The van der Waals surface area contributed by atoms with Crippen LogP contribution in [0.3, 0.4) is 0 Å². The van der Waals surface area contributed by atoms with Gasteiger partial charge in [-0.2, -0.15) is 0 Å². The number of hydrogen-bond acceptors (Lipinski definition) is 2. The first kappa shape index (κ1) is 14.8. The summed E-state index contributed by atoms with van der Waals surface area (Å²) in [6.07, 6.45) is 9.05. The van der Waals surface area contributed by atoms with E-state index in [1.165, 1.54) is 0 Å². The molecule has 0 spiro atoms. The first-order valence-corrected chi connectivity index (χ1v) is 6.25. The van der Waals surface area contributed by atoms with Gasteiger partial charge in [0.15, 0.2) is 0 Å². The predicted molar refractivity (Wildman–Crippen MR) is 82.9 cm³/mol. The fourth-order valence-corrected chi connectivity index (χ4v) is 1.49. The highest BCUT2D eigenvalue weighted by molar-refractivity contribution is 6.08. The van der Waals surface area contributed by atoms with E-state index in [0.717, 1.165) is 22.4 Å². The number of aromatic nitrogens is 1. The van der Waals surface area contributed by atoms with Crippen molar-refractivity contribution in [3.63, 3.8) is 0 Å². The lowest BCUT2D eigenvalue weighted by atomic mass is 10.1. The molecule has 0 amide bonds. The molecule has 19 heavy (non-hydrogen) atoms. The summed E-state index contributed by atoms with van der Waals surface area (Å²) in [7, 11) is 0. The molecule has 0 aliphatic carbocycles. The van der Waals surface area contributed by atoms with Crippen molar-refractivity contribution in [3.05, 3.63) is 78.3 Å². The first-order chi connectivity index (χ1) is 9.17. The summed E-state index contributed by atoms with van der Waals surface area (Å²) in [6, 6.07) is 8.12. The lowest BCUT2D eigenvalue weighted by Gasteiger charge is -1.99. The summed E-state index contributed by atoms with van der Waals surface area (Å²) < 4.78 is 0. The Balaban J connectivity index is 3.48. The molecule has 1 rings (SSSR count). The van der Waals surface area contributed by atoms with Crippen LogP contribution in [0, 0.1) is 13.8 Å². The highest BCUT2D eigenvalue weighted by atomic mass is 14.7. The number of allylic oxidation sites excluding steroid dienone is 2. The van der Waals surface area contributed by atoms with Crippen molar-refractivity contribution in [2.75, 3.05) is 0 Å². The number of hydrogen-bond donors (Lipinski definition) is 0. The van der Waals surface area contributed by atoms with Crippen molar-refractivity contribution >= 4 is 5.71 Å². The first-order valence-electron chi connectivity index (χ1n) is 6.25. The van der Waals surface area contributed by atoms with E-state index in [9.17, 15) is 0 Å². The molecule has 1 aromatic heterocycles. The van der Waals surface area contributed by atoms with E-state index in [1.54, 1.807) is 18.5 Å². The normalized spacial score (nSPS) is 11.2. The molecular formula is C17H20N2. The molecule has 1 aromatic rings. The summed E-state index contributed by atoms with van der Waals surface area (Å²) in [4.78, 5) is 8.61. The maximum Gasteiger partial charge on any atom is 0.0696 e. The van der Waals surface area contributed by atoms with Gasteiger partial charge in [0.1, 0.15) is 0 Å². The Kier molecular flexibility index (Phi) is 6.23. The van der Waals surface area contributed by atoms with Gasteiger partial charge in [-0.1, -0.05) is 24.8 Å². The van der Waals surface area contributed by atoms with Gasteiger partial charge in [-0.3, -0.25) is 9.98 Å². The summed E-state index contributed by atoms with van der Waals surface area (Å²) in [5.74, 6) is 0. The molecule has 0 atom stereocenters. The van der Waals surface area contributed by atoms with E-state index in [1.807, 2.05) is 51.2 Å². The zero-order valence-electron chi connectivity index (χ0n) is 11.8. The third kappa shape index (κ3) is 5.30. The van der Waals surface area contributed by atoms with Gasteiger partial charge in [0.25, 0.3) is 0 Å². The van der Waals surface area contributed by atoms with Crippen LogP contribution < -0.4 is 0 Å². The monoisotopic (exact) mass is 252 g/mol. The molecule has 2 nitrogen and oxygen atoms in total. The minimum absolute atomic E-state index is 0.847. The number of aryl methyl sites for hydroxylation is 2. The van der Waals surface area contributed by atoms with Gasteiger partial charge in [0, 0.05) is 24.2 Å². The maximum absolute atomic E-state index is 4.38. The van der Waals surface area contributed by atoms with E-state index >= 15 is 0 Å². The number of aliphatic imine (C=N–C) groups is 1. The third-order valence-electron chi connectivity index (χ3n) is 2.46. The molecule has 0 bridgehead atoms. The van der Waals surface area contributed by atoms with E-state index in [4.69, 9.17) is 0 Å². The Morgan fingerprint density at radius 3 is 2.68 bits per heavy atom. The van der Waals surface area contributed by atoms with Gasteiger partial charge in [-0.25, -0.2) is 0 Å². The van der Waals surface area contributed by atoms with Gasteiger partial charge in [0.05, 0.1) is 5.71 Å². The Morgan fingerprint density at radius 1 is 1.21 bits per heavy atom. The maximum atomic E-state index is 4.38. The van der Waals surface area contributed by atoms with Crippen LogP contribution in [-0.4, -0.2) is 10.7 Å². The fourth-order valence-electron chi connectivity index (χ4n) is 1.49. The topological polar surface area (TPSA) is 25.2 Å². The lowest BCUT2D eigenvalue weighted by molar-refractivity contribution is 1.28. The molecule has 0 unspecified atom stereocenters. The second kappa shape index (κ2) is 7.98. The average molecular weight is 252 g/mol. The highest BCUT2D eigenvalue weighted by Crippen LogP contribution is 2.04. The second-order valence-electron chi connectivity index (χ2n) is 4.22. The van der Waals surface area contributed by atoms with Gasteiger partial charge in [-0.05, 0) is 50.1 Å². The highest BCUT2D eigenvalue weighted by Gasteiger charge is 1.96. The predicted octanol–water partition coefficient (Wildman–Crippen LogP) is 4.33. The van der Waals surface area contributed by atoms with E-state index in [2.05, 4.69) is 22.6 Å². The van der Waals surface area contributed by atoms with Crippen LogP contribution in [0.25, 0.3) is 0 Å². The lowest BCUT2D eigenvalue weighted by Crippen LogP contribution is -1.94. The average Bonchev–Trinajstić information content (AvgIpc) is 2.41. The molecule has 0 aliphatic heterocycles. The van der Waals surface area contributed by atoms with Crippen LogP contribution in [0.1, 0.15) is 23.6 Å². The van der Waals surface area contributed by atoms with Crippen molar-refractivity contribution in [1.29, 1.82) is 0 Å². The van der Waals surface area contributed by atoms with Crippen LogP contribution in [0.5, 0.6) is 0 Å². The number of nitrogens with zero attached hydrogens (tertiary/aromatic N) is 2. The van der Waals surface area contributed by atoms with Crippen LogP contribution in [0.15, 0.2) is 66.6 Å². The van der Waals surface area contributed by atoms with Gasteiger partial charge < -0.3 is 0 Å². The Labute approximate surface area is 115 Å². The SMILES string of the molecule is C=CC(=N/C=C\C)c1ccc(C)ccncc(C)c1. The second-order valence-corrected chi connectivity index (χ2v) is 4.22. The minimum Gasteiger partial charge on any atom is -0.264 e. The van der Waals surface area contributed by atoms with Crippen molar-refractivity contribution in [1.82, 2.24) is 4.98 Å². The standard InChI is InChI=1S/C17H20N2/c1-5-10-19-17(6-2)16-8-7-14(3)9-11-18-13-15(4)12-16/h5-13H,2H2,1,3-4H3/b8-7?,10-5-,11-9?,14-7?,14-9?,15-12?,15-13?,16-8?,16-12?,18-11?,18-13?,19-17?. The van der Waals surface area contributed by atoms with Crippen LogP contribution in [-0.2, 0) is 0 Å². The van der Waals surface area contributed by atoms with Crippen molar-refractivity contribution in [2.24, 2.45) is 4.99 Å². The van der Waals surface area contributed by atoms with Crippen LogP contribution in [0.2, 0.25) is 0 Å². The number of rotatable bonds is 3. The Morgan fingerprint density at radius 2 is 2.00 bits per heavy atom. The zero-order valence-corrected chi connectivity index (χ0v) is 11.8. The minimum atomic E-state index is 0.847. The van der Waals surface area contributed by atoms with Crippen LogP contribution >= 0.6 is 0 Å². The third-order valence-corrected chi connectivity index (χ3v) is 2.46. The van der Waals surface area contributed by atoms with Gasteiger partial charge in [0.2, 0.25) is 0 Å². The van der Waals surface area contributed by atoms with Crippen molar-refractivity contribution < 1.29 is 0 Å². The Bertz CT molecular complexity index is 553. The fraction of sp³-hybridized carbons (Fsp3) is 0.176. The van der Waals surface area contributed by atoms with Crippen molar-refractivity contribution in [2.45, 2.75) is 20.8 Å². The molecule has 0 fully saturated rings. The molecular weight excluding hydrogens is 232 g/mol. The molecule has 1 heterocycles. The van der Waals surface area contributed by atoms with Crippen molar-refractivity contribution in [3.8, 4) is 0 Å². The molecule has 98 valence electrons. The molecule has 0 aliphatic rings. The molecule has 0 aromatic carbocycles.